The molecular weight excluding hydrogens is 330 g/mol. The van der Waals surface area contributed by atoms with Gasteiger partial charge in [0.05, 0.1) is 10.6 Å². The molecular formula is C15H15N5OS2. The van der Waals surface area contributed by atoms with Crippen molar-refractivity contribution in [1.82, 2.24) is 15.2 Å². The number of nitrogens with zero attached hydrogens (tertiary/aromatic N) is 4. The van der Waals surface area contributed by atoms with Gasteiger partial charge in [-0.25, -0.2) is 4.98 Å². The molecule has 0 saturated carbocycles. The highest BCUT2D eigenvalue weighted by molar-refractivity contribution is 7.17. The van der Waals surface area contributed by atoms with Crippen LogP contribution >= 0.6 is 22.7 Å². The van der Waals surface area contributed by atoms with Crippen LogP contribution in [0.3, 0.4) is 0 Å². The lowest BCUT2D eigenvalue weighted by Gasteiger charge is -2.09. The van der Waals surface area contributed by atoms with Crippen LogP contribution in [0.5, 0.6) is 0 Å². The molecule has 0 bridgehead atoms. The fourth-order valence-corrected chi connectivity index (χ4v) is 3.47. The number of aromatic nitrogens is 3. The van der Waals surface area contributed by atoms with Crippen LogP contribution in [0.1, 0.15) is 15.4 Å². The van der Waals surface area contributed by atoms with Gasteiger partial charge in [0.25, 0.3) is 5.91 Å². The fraction of sp³-hybridized carbons (Fsp3) is 0.200. The summed E-state index contributed by atoms with van der Waals surface area (Å²) in [7, 11) is 3.74. The van der Waals surface area contributed by atoms with Crippen molar-refractivity contribution in [2.75, 3.05) is 24.3 Å². The van der Waals surface area contributed by atoms with E-state index in [0.29, 0.717) is 10.9 Å². The van der Waals surface area contributed by atoms with Gasteiger partial charge < -0.3 is 4.90 Å². The highest BCUT2D eigenvalue weighted by Gasteiger charge is 2.12. The molecule has 23 heavy (non-hydrogen) atoms. The van der Waals surface area contributed by atoms with Crippen LogP contribution in [-0.2, 0) is 0 Å². The Morgan fingerprint density at radius 3 is 2.61 bits per heavy atom. The van der Waals surface area contributed by atoms with Crippen LogP contribution in [0, 0.1) is 6.92 Å². The molecule has 118 valence electrons. The third-order valence-corrected chi connectivity index (χ3v) is 4.84. The third-order valence-electron chi connectivity index (χ3n) is 3.06. The molecule has 1 amide bonds. The summed E-state index contributed by atoms with van der Waals surface area (Å²) in [5, 5.41) is 13.2. The molecule has 0 spiro atoms. The average molecular weight is 345 g/mol. The lowest BCUT2D eigenvalue weighted by Crippen LogP contribution is -2.16. The molecule has 0 fully saturated rings. The van der Waals surface area contributed by atoms with Gasteiger partial charge in [-0.3, -0.25) is 10.1 Å². The zero-order valence-electron chi connectivity index (χ0n) is 12.9. The number of aryl methyl sites for hydroxylation is 1. The normalized spacial score (nSPS) is 10.6. The molecule has 0 radical (unpaired) electrons. The van der Waals surface area contributed by atoms with Crippen molar-refractivity contribution in [3.8, 4) is 10.6 Å². The topological polar surface area (TPSA) is 71.0 Å². The highest BCUT2D eigenvalue weighted by atomic mass is 32.1. The summed E-state index contributed by atoms with van der Waals surface area (Å²) in [4.78, 5) is 20.8. The quantitative estimate of drug-likeness (QED) is 0.786. The Balaban J connectivity index is 1.72. The molecule has 1 N–H and O–H groups in total. The van der Waals surface area contributed by atoms with Crippen LogP contribution in [-0.4, -0.2) is 35.2 Å². The number of amides is 1. The third kappa shape index (κ3) is 3.54. The lowest BCUT2D eigenvalue weighted by molar-refractivity contribution is 0.102. The number of carbonyl (C=O) groups is 1. The van der Waals surface area contributed by atoms with Gasteiger partial charge in [-0.15, -0.1) is 32.9 Å². The lowest BCUT2D eigenvalue weighted by atomic mass is 10.3. The monoisotopic (exact) mass is 345 g/mol. The molecule has 8 heteroatoms. The number of nitrogens with one attached hydrogen (secondary N) is 1. The number of hydrogen-bond acceptors (Lipinski definition) is 7. The average Bonchev–Trinajstić information content (AvgIpc) is 3.16. The van der Waals surface area contributed by atoms with Crippen molar-refractivity contribution in [3.63, 3.8) is 0 Å². The van der Waals surface area contributed by atoms with Crippen molar-refractivity contribution in [2.24, 2.45) is 0 Å². The van der Waals surface area contributed by atoms with E-state index in [2.05, 4.69) is 33.5 Å². The van der Waals surface area contributed by atoms with E-state index in [1.165, 1.54) is 16.2 Å². The molecule has 0 aliphatic carbocycles. The van der Waals surface area contributed by atoms with E-state index in [-0.39, 0.29) is 11.6 Å². The maximum absolute atomic E-state index is 12.2. The van der Waals surface area contributed by atoms with Gasteiger partial charge in [0, 0.05) is 24.4 Å². The second kappa shape index (κ2) is 6.43. The number of thiophene rings is 1. The maximum Gasteiger partial charge on any atom is 0.277 e. The van der Waals surface area contributed by atoms with Gasteiger partial charge in [-0.2, -0.15) is 0 Å². The number of rotatable bonds is 4. The first-order valence-electron chi connectivity index (χ1n) is 6.87. The van der Waals surface area contributed by atoms with Crippen LogP contribution in [0.4, 0.5) is 10.9 Å². The Morgan fingerprint density at radius 2 is 2.00 bits per heavy atom. The minimum absolute atomic E-state index is 0.263. The predicted octanol–water partition coefficient (Wildman–Crippen LogP) is 3.29. The SMILES string of the molecule is Cc1ccc(-c2csc(NC(=O)c3ccc(N(C)C)nn3)n2)s1. The van der Waals surface area contributed by atoms with Crippen molar-refractivity contribution in [3.05, 3.63) is 40.2 Å². The van der Waals surface area contributed by atoms with E-state index in [9.17, 15) is 4.79 Å². The van der Waals surface area contributed by atoms with E-state index in [4.69, 9.17) is 0 Å². The smallest absolute Gasteiger partial charge is 0.277 e. The molecule has 0 aliphatic heterocycles. The first-order valence-corrected chi connectivity index (χ1v) is 8.57. The van der Waals surface area contributed by atoms with Crippen molar-refractivity contribution >= 4 is 39.5 Å². The van der Waals surface area contributed by atoms with Gasteiger partial charge in [-0.1, -0.05) is 0 Å². The van der Waals surface area contributed by atoms with Crippen LogP contribution in [0.2, 0.25) is 0 Å². The molecule has 0 unspecified atom stereocenters. The van der Waals surface area contributed by atoms with Crippen molar-refractivity contribution in [1.29, 1.82) is 0 Å². The van der Waals surface area contributed by atoms with Gasteiger partial charge in [0.2, 0.25) is 0 Å². The van der Waals surface area contributed by atoms with Crippen molar-refractivity contribution in [2.45, 2.75) is 6.92 Å². The summed E-state index contributed by atoms with van der Waals surface area (Å²) in [6, 6.07) is 7.49. The van der Waals surface area contributed by atoms with Crippen molar-refractivity contribution < 1.29 is 4.79 Å². The van der Waals surface area contributed by atoms with Crippen LogP contribution in [0.25, 0.3) is 10.6 Å². The van der Waals surface area contributed by atoms with E-state index in [1.807, 2.05) is 30.4 Å². The zero-order valence-corrected chi connectivity index (χ0v) is 14.5. The minimum Gasteiger partial charge on any atom is -0.361 e. The molecule has 6 nitrogen and oxygen atoms in total. The minimum atomic E-state index is -0.314. The molecule has 0 aromatic carbocycles. The summed E-state index contributed by atoms with van der Waals surface area (Å²) in [5.74, 6) is 0.386. The van der Waals surface area contributed by atoms with Gasteiger partial charge in [-0.05, 0) is 31.2 Å². The number of hydrogen-bond donors (Lipinski definition) is 1. The highest BCUT2D eigenvalue weighted by Crippen LogP contribution is 2.30. The molecule has 3 heterocycles. The Hall–Kier alpha value is -2.32. The maximum atomic E-state index is 12.2. The van der Waals surface area contributed by atoms with E-state index in [1.54, 1.807) is 23.5 Å². The predicted molar refractivity (Wildman–Crippen MR) is 94.5 cm³/mol. The second-order valence-electron chi connectivity index (χ2n) is 5.07. The molecule has 3 rings (SSSR count). The van der Waals surface area contributed by atoms with E-state index >= 15 is 0 Å². The van der Waals surface area contributed by atoms with Crippen LogP contribution in [0.15, 0.2) is 29.6 Å². The largest absolute Gasteiger partial charge is 0.361 e. The summed E-state index contributed by atoms with van der Waals surface area (Å²) in [6.45, 7) is 2.05. The molecule has 0 saturated heterocycles. The molecule has 0 atom stereocenters. The summed E-state index contributed by atoms with van der Waals surface area (Å²) in [6.07, 6.45) is 0. The zero-order chi connectivity index (χ0) is 16.4. The van der Waals surface area contributed by atoms with Gasteiger partial charge >= 0.3 is 0 Å². The number of thiazole rings is 1. The summed E-state index contributed by atoms with van der Waals surface area (Å²) in [5.41, 5.74) is 1.14. The van der Waals surface area contributed by atoms with Gasteiger partial charge in [0.15, 0.2) is 16.6 Å². The molecule has 3 aromatic heterocycles. The second-order valence-corrected chi connectivity index (χ2v) is 7.22. The Morgan fingerprint density at radius 1 is 1.17 bits per heavy atom. The van der Waals surface area contributed by atoms with Crippen LogP contribution < -0.4 is 10.2 Å². The Bertz CT molecular complexity index is 823. The molecule has 0 aliphatic rings. The van der Waals surface area contributed by atoms with Gasteiger partial charge in [0.1, 0.15) is 0 Å². The molecule has 3 aromatic rings. The summed E-state index contributed by atoms with van der Waals surface area (Å²) < 4.78 is 0. The first-order chi connectivity index (χ1) is 11.0. The Kier molecular flexibility index (Phi) is 4.35. The Labute approximate surface area is 141 Å². The summed E-state index contributed by atoms with van der Waals surface area (Å²) >= 11 is 3.07. The van der Waals surface area contributed by atoms with E-state index < -0.39 is 0 Å². The fourth-order valence-electron chi connectivity index (χ4n) is 1.86. The number of anilines is 2. The van der Waals surface area contributed by atoms with E-state index in [0.717, 1.165) is 10.6 Å². The standard InChI is InChI=1S/C15H15N5OS2/c1-9-4-6-12(23-9)11-8-22-15(16-11)17-14(21)10-5-7-13(19-18-10)20(2)3/h4-8H,1-3H3,(H,16,17,21). The number of carbonyl (C=O) groups excluding carboxylic acids is 1. The first kappa shape index (κ1) is 15.6.